The Hall–Kier alpha value is -2.28. The first-order valence-corrected chi connectivity index (χ1v) is 6.38. The number of ether oxygens (including phenoxy) is 3. The number of pyridine rings is 1. The van der Waals surface area contributed by atoms with Crippen LogP contribution < -0.4 is 9.47 Å². The van der Waals surface area contributed by atoms with Crippen LogP contribution in [0.2, 0.25) is 0 Å². The number of hydrogen-bond donors (Lipinski definition) is 0. The van der Waals surface area contributed by atoms with E-state index < -0.39 is 12.5 Å². The van der Waals surface area contributed by atoms with Gasteiger partial charge in [0.25, 0.3) is 6.29 Å². The van der Waals surface area contributed by atoms with E-state index in [1.807, 2.05) is 30.3 Å². The highest BCUT2D eigenvalue weighted by molar-refractivity contribution is 5.27. The van der Waals surface area contributed by atoms with Gasteiger partial charge in [0.05, 0.1) is 0 Å². The first kappa shape index (κ1) is 16.1. The van der Waals surface area contributed by atoms with E-state index in [0.29, 0.717) is 5.75 Å². The van der Waals surface area contributed by atoms with Gasteiger partial charge in [0, 0.05) is 19.4 Å². The Morgan fingerprint density at radius 3 is 2.50 bits per heavy atom. The van der Waals surface area contributed by atoms with Crippen molar-refractivity contribution in [1.29, 1.82) is 0 Å². The Kier molecular flexibility index (Phi) is 5.21. The van der Waals surface area contributed by atoms with E-state index in [0.717, 1.165) is 12.7 Å². The lowest BCUT2D eigenvalue weighted by atomic mass is 10.2. The van der Waals surface area contributed by atoms with Crippen molar-refractivity contribution >= 4 is 0 Å². The lowest BCUT2D eigenvalue weighted by Gasteiger charge is -2.19. The minimum Gasteiger partial charge on any atom is -0.489 e. The Balaban J connectivity index is 2.00. The molecule has 7 heteroatoms. The summed E-state index contributed by atoms with van der Waals surface area (Å²) in [5, 5.41) is 0. The smallest absolute Gasteiger partial charge is 0.452 e. The second-order valence-electron chi connectivity index (χ2n) is 4.33. The zero-order chi connectivity index (χ0) is 16.0. The molecular weight excluding hydrogens is 299 g/mol. The average molecular weight is 313 g/mol. The third-order valence-electron chi connectivity index (χ3n) is 2.66. The van der Waals surface area contributed by atoms with Crippen LogP contribution in [0, 0.1) is 0 Å². The molecule has 0 saturated heterocycles. The summed E-state index contributed by atoms with van der Waals surface area (Å²) in [6, 6.07) is 12.2. The first-order chi connectivity index (χ1) is 10.5. The van der Waals surface area contributed by atoms with Crippen molar-refractivity contribution in [3.05, 3.63) is 54.2 Å². The lowest BCUT2D eigenvalue weighted by Crippen LogP contribution is -2.36. The van der Waals surface area contributed by atoms with Gasteiger partial charge < -0.3 is 14.2 Å². The summed E-state index contributed by atoms with van der Waals surface area (Å²) >= 11 is 0. The van der Waals surface area contributed by atoms with Crippen LogP contribution in [0.15, 0.2) is 48.7 Å². The quantitative estimate of drug-likeness (QED) is 0.764. The molecule has 0 amide bonds. The van der Waals surface area contributed by atoms with Crippen molar-refractivity contribution in [2.45, 2.75) is 19.1 Å². The Labute approximate surface area is 125 Å². The largest absolute Gasteiger partial charge is 0.489 e. The summed E-state index contributed by atoms with van der Waals surface area (Å²) in [5.41, 5.74) is 0.937. The average Bonchev–Trinajstić information content (AvgIpc) is 2.51. The summed E-state index contributed by atoms with van der Waals surface area (Å²) in [6.45, 7) is 0.289. The maximum Gasteiger partial charge on any atom is 0.452 e. The third kappa shape index (κ3) is 4.63. The second-order valence-corrected chi connectivity index (χ2v) is 4.33. The van der Waals surface area contributed by atoms with Gasteiger partial charge in [0.2, 0.25) is 5.88 Å². The summed E-state index contributed by atoms with van der Waals surface area (Å²) in [7, 11) is 0.911. The zero-order valence-corrected chi connectivity index (χ0v) is 11.7. The number of hydrogen-bond acceptors (Lipinski definition) is 4. The van der Waals surface area contributed by atoms with Crippen molar-refractivity contribution in [2.75, 3.05) is 7.11 Å². The van der Waals surface area contributed by atoms with Crippen LogP contribution in [0.4, 0.5) is 13.2 Å². The molecule has 4 nitrogen and oxygen atoms in total. The molecule has 0 radical (unpaired) electrons. The highest BCUT2D eigenvalue weighted by Crippen LogP contribution is 2.26. The van der Waals surface area contributed by atoms with Crippen LogP contribution in [0.25, 0.3) is 0 Å². The number of benzene rings is 1. The molecule has 0 aliphatic rings. The molecule has 0 aliphatic carbocycles. The van der Waals surface area contributed by atoms with Gasteiger partial charge in [-0.15, -0.1) is 0 Å². The van der Waals surface area contributed by atoms with E-state index in [1.54, 1.807) is 0 Å². The number of alkyl halides is 3. The highest BCUT2D eigenvalue weighted by Gasteiger charge is 2.42. The van der Waals surface area contributed by atoms with Gasteiger partial charge in [-0.2, -0.15) is 13.2 Å². The Morgan fingerprint density at radius 2 is 1.86 bits per heavy atom. The molecule has 1 unspecified atom stereocenters. The van der Waals surface area contributed by atoms with Gasteiger partial charge >= 0.3 is 6.18 Å². The molecule has 1 aromatic heterocycles. The van der Waals surface area contributed by atoms with Crippen molar-refractivity contribution in [3.8, 4) is 11.6 Å². The topological polar surface area (TPSA) is 40.6 Å². The van der Waals surface area contributed by atoms with E-state index >= 15 is 0 Å². The van der Waals surface area contributed by atoms with Crippen LogP contribution in [0.3, 0.4) is 0 Å². The fourth-order valence-corrected chi connectivity index (χ4v) is 1.64. The van der Waals surface area contributed by atoms with Crippen molar-refractivity contribution in [3.63, 3.8) is 0 Å². The molecule has 0 saturated carbocycles. The maximum atomic E-state index is 12.6. The van der Waals surface area contributed by atoms with Crippen LogP contribution >= 0.6 is 0 Å². The molecular formula is C15H14F3NO3. The normalized spacial score (nSPS) is 12.7. The summed E-state index contributed by atoms with van der Waals surface area (Å²) in [5.74, 6) is 0.126. The van der Waals surface area contributed by atoms with Gasteiger partial charge in [-0.3, -0.25) is 0 Å². The minimum absolute atomic E-state index is 0.227. The molecule has 2 aromatic rings. The van der Waals surface area contributed by atoms with E-state index in [2.05, 4.69) is 14.5 Å². The molecule has 0 bridgehead atoms. The van der Waals surface area contributed by atoms with E-state index in [9.17, 15) is 13.2 Å². The maximum absolute atomic E-state index is 12.6. The van der Waals surface area contributed by atoms with Crippen molar-refractivity contribution < 1.29 is 27.4 Å². The molecule has 118 valence electrons. The minimum atomic E-state index is -4.64. The predicted octanol–water partition coefficient (Wildman–Crippen LogP) is 3.57. The molecule has 2 rings (SSSR count). The molecule has 0 spiro atoms. The predicted molar refractivity (Wildman–Crippen MR) is 72.5 cm³/mol. The summed E-state index contributed by atoms with van der Waals surface area (Å²) in [6.07, 6.45) is -5.71. The summed E-state index contributed by atoms with van der Waals surface area (Å²) < 4.78 is 52.1. The molecule has 1 heterocycles. The zero-order valence-electron chi connectivity index (χ0n) is 11.7. The van der Waals surface area contributed by atoms with Gasteiger partial charge in [-0.1, -0.05) is 30.3 Å². The van der Waals surface area contributed by atoms with E-state index in [-0.39, 0.29) is 12.5 Å². The lowest BCUT2D eigenvalue weighted by molar-refractivity contribution is -0.275. The number of halogens is 3. The van der Waals surface area contributed by atoms with Gasteiger partial charge in [0.15, 0.2) is 0 Å². The van der Waals surface area contributed by atoms with Crippen LogP contribution in [0.1, 0.15) is 5.56 Å². The second kappa shape index (κ2) is 7.13. The van der Waals surface area contributed by atoms with Crippen LogP contribution in [-0.2, 0) is 11.3 Å². The van der Waals surface area contributed by atoms with Crippen LogP contribution in [0.5, 0.6) is 11.6 Å². The SMILES string of the molecule is COC(Oc1cc(OCc2ccccc2)ccn1)C(F)(F)F. The van der Waals surface area contributed by atoms with Crippen molar-refractivity contribution in [1.82, 2.24) is 4.98 Å². The molecule has 0 aliphatic heterocycles. The Morgan fingerprint density at radius 1 is 1.14 bits per heavy atom. The number of aromatic nitrogens is 1. The summed E-state index contributed by atoms with van der Waals surface area (Å²) in [4.78, 5) is 3.71. The standard InChI is InChI=1S/C15H14F3NO3/c1-20-14(15(16,17)18)22-13-9-12(7-8-19-13)21-10-11-5-3-2-4-6-11/h2-9,14H,10H2,1H3. The van der Waals surface area contributed by atoms with Gasteiger partial charge in [-0.05, 0) is 11.6 Å². The van der Waals surface area contributed by atoms with Gasteiger partial charge in [-0.25, -0.2) is 4.98 Å². The van der Waals surface area contributed by atoms with Crippen LogP contribution in [-0.4, -0.2) is 24.6 Å². The van der Waals surface area contributed by atoms with E-state index in [4.69, 9.17) is 4.74 Å². The molecule has 22 heavy (non-hydrogen) atoms. The number of methoxy groups -OCH3 is 1. The number of rotatable bonds is 6. The van der Waals surface area contributed by atoms with E-state index in [1.165, 1.54) is 18.3 Å². The third-order valence-corrected chi connectivity index (χ3v) is 2.66. The highest BCUT2D eigenvalue weighted by atomic mass is 19.4. The van der Waals surface area contributed by atoms with Crippen molar-refractivity contribution in [2.24, 2.45) is 0 Å². The number of nitrogens with zero attached hydrogens (tertiary/aromatic N) is 1. The molecule has 0 N–H and O–H groups in total. The fraction of sp³-hybridized carbons (Fsp3) is 0.267. The Bertz CT molecular complexity index is 590. The molecule has 1 atom stereocenters. The van der Waals surface area contributed by atoms with Gasteiger partial charge in [0.1, 0.15) is 12.4 Å². The monoisotopic (exact) mass is 313 g/mol. The molecule has 1 aromatic carbocycles. The fourth-order valence-electron chi connectivity index (χ4n) is 1.64. The first-order valence-electron chi connectivity index (χ1n) is 6.38. The molecule has 0 fully saturated rings.